The van der Waals surface area contributed by atoms with Crippen molar-refractivity contribution in [3.05, 3.63) is 34.6 Å². The highest BCUT2D eigenvalue weighted by molar-refractivity contribution is 6.31. The Kier molecular flexibility index (Phi) is 2.32. The van der Waals surface area contributed by atoms with E-state index in [1.807, 2.05) is 0 Å². The summed E-state index contributed by atoms with van der Waals surface area (Å²) in [6, 6.07) is 4.33. The number of aliphatic hydroxyl groups excluding tert-OH is 1. The lowest BCUT2D eigenvalue weighted by molar-refractivity contribution is 0.231. The first-order valence-electron chi connectivity index (χ1n) is 4.99. The van der Waals surface area contributed by atoms with E-state index >= 15 is 0 Å². The molecule has 1 saturated carbocycles. The Bertz CT molecular complexity index is 403. The maximum Gasteiger partial charge on any atom is 0.123 e. The summed E-state index contributed by atoms with van der Waals surface area (Å²) in [6.45, 7) is 4.14. The zero-order valence-electron chi connectivity index (χ0n) is 8.85. The van der Waals surface area contributed by atoms with Gasteiger partial charge in [-0.25, -0.2) is 4.39 Å². The molecule has 1 N–H and O–H groups in total. The van der Waals surface area contributed by atoms with E-state index in [0.29, 0.717) is 5.02 Å². The fourth-order valence-corrected chi connectivity index (χ4v) is 2.69. The van der Waals surface area contributed by atoms with Gasteiger partial charge in [0.1, 0.15) is 5.82 Å². The molecule has 0 heterocycles. The molecular formula is C12H14ClFO. The molecule has 1 aromatic rings. The maximum atomic E-state index is 13.2. The minimum absolute atomic E-state index is 0.000810. The molecule has 0 bridgehead atoms. The summed E-state index contributed by atoms with van der Waals surface area (Å²) in [4.78, 5) is 0. The SMILES string of the molecule is CC1(C)CC1(CO)c1cc(F)ccc1Cl. The van der Waals surface area contributed by atoms with Gasteiger partial charge < -0.3 is 5.11 Å². The van der Waals surface area contributed by atoms with Crippen LogP contribution in [0.25, 0.3) is 0 Å². The molecule has 1 aromatic carbocycles. The predicted octanol–water partition coefficient (Wildman–Crippen LogP) is 3.14. The number of halogens is 2. The molecule has 1 aliphatic rings. The van der Waals surface area contributed by atoms with Crippen LogP contribution in [-0.2, 0) is 5.41 Å². The van der Waals surface area contributed by atoms with Gasteiger partial charge >= 0.3 is 0 Å². The maximum absolute atomic E-state index is 13.2. The molecule has 0 saturated heterocycles. The Morgan fingerprint density at radius 1 is 1.47 bits per heavy atom. The van der Waals surface area contributed by atoms with Crippen LogP contribution in [0.4, 0.5) is 4.39 Å². The number of hydrogen-bond acceptors (Lipinski definition) is 1. The monoisotopic (exact) mass is 228 g/mol. The van der Waals surface area contributed by atoms with E-state index in [4.69, 9.17) is 11.6 Å². The van der Waals surface area contributed by atoms with Crippen molar-refractivity contribution >= 4 is 11.6 Å². The second-order valence-corrected chi connectivity index (χ2v) is 5.33. The summed E-state index contributed by atoms with van der Waals surface area (Å²) in [7, 11) is 0. The molecule has 0 spiro atoms. The molecule has 1 atom stereocenters. The van der Waals surface area contributed by atoms with E-state index in [9.17, 15) is 9.50 Å². The van der Waals surface area contributed by atoms with E-state index in [0.717, 1.165) is 12.0 Å². The van der Waals surface area contributed by atoms with Crippen molar-refractivity contribution in [3.8, 4) is 0 Å². The standard InChI is InChI=1S/C12H14ClFO/c1-11(2)6-12(11,7-15)9-5-8(14)3-4-10(9)13/h3-5,15H,6-7H2,1-2H3. The molecule has 0 aliphatic heterocycles. The van der Waals surface area contributed by atoms with Crippen molar-refractivity contribution in [3.63, 3.8) is 0 Å². The lowest BCUT2D eigenvalue weighted by Crippen LogP contribution is -2.20. The van der Waals surface area contributed by atoms with E-state index in [-0.39, 0.29) is 23.3 Å². The first-order valence-corrected chi connectivity index (χ1v) is 5.37. The van der Waals surface area contributed by atoms with Gasteiger partial charge in [0.25, 0.3) is 0 Å². The summed E-state index contributed by atoms with van der Waals surface area (Å²) in [5.74, 6) is -0.301. The third-order valence-corrected chi connectivity index (χ3v) is 3.96. The van der Waals surface area contributed by atoms with Crippen LogP contribution in [0.15, 0.2) is 18.2 Å². The topological polar surface area (TPSA) is 20.2 Å². The van der Waals surface area contributed by atoms with Gasteiger partial charge in [-0.1, -0.05) is 25.4 Å². The lowest BCUT2D eigenvalue weighted by Gasteiger charge is -2.19. The molecule has 0 aromatic heterocycles. The van der Waals surface area contributed by atoms with Crippen molar-refractivity contribution in [1.82, 2.24) is 0 Å². The number of hydrogen-bond donors (Lipinski definition) is 1. The Labute approximate surface area is 93.9 Å². The second kappa shape index (κ2) is 3.19. The quantitative estimate of drug-likeness (QED) is 0.825. The van der Waals surface area contributed by atoms with Gasteiger partial charge in [-0.15, -0.1) is 0 Å². The van der Waals surface area contributed by atoms with Gasteiger partial charge in [-0.05, 0) is 35.6 Å². The predicted molar refractivity (Wildman–Crippen MR) is 58.6 cm³/mol. The van der Waals surface area contributed by atoms with E-state index < -0.39 is 0 Å². The Hall–Kier alpha value is -0.600. The molecule has 15 heavy (non-hydrogen) atoms. The number of benzene rings is 1. The second-order valence-electron chi connectivity index (χ2n) is 4.93. The first kappa shape index (κ1) is 10.9. The van der Waals surface area contributed by atoms with Gasteiger partial charge in [0.2, 0.25) is 0 Å². The van der Waals surface area contributed by atoms with Crippen molar-refractivity contribution in [2.24, 2.45) is 5.41 Å². The van der Waals surface area contributed by atoms with Crippen LogP contribution in [0, 0.1) is 11.2 Å². The Morgan fingerprint density at radius 3 is 2.53 bits per heavy atom. The summed E-state index contributed by atoms with van der Waals surface area (Å²) in [6.07, 6.45) is 0.847. The number of aliphatic hydroxyl groups is 1. The third-order valence-electron chi connectivity index (χ3n) is 3.63. The molecule has 2 rings (SSSR count). The van der Waals surface area contributed by atoms with E-state index in [1.165, 1.54) is 12.1 Å². The average Bonchev–Trinajstić information content (AvgIpc) is 2.74. The minimum atomic E-state index is -0.355. The molecule has 0 amide bonds. The van der Waals surface area contributed by atoms with Crippen LogP contribution in [0.1, 0.15) is 25.8 Å². The minimum Gasteiger partial charge on any atom is -0.395 e. The van der Waals surface area contributed by atoms with E-state index in [1.54, 1.807) is 6.07 Å². The molecule has 0 radical (unpaired) electrons. The summed E-state index contributed by atoms with van der Waals surface area (Å²) in [5.41, 5.74) is 0.377. The zero-order valence-corrected chi connectivity index (χ0v) is 9.61. The van der Waals surface area contributed by atoms with Crippen LogP contribution < -0.4 is 0 Å². The fraction of sp³-hybridized carbons (Fsp3) is 0.500. The molecule has 1 nitrogen and oxygen atoms in total. The Morgan fingerprint density at radius 2 is 2.07 bits per heavy atom. The molecule has 1 aliphatic carbocycles. The summed E-state index contributed by atoms with van der Waals surface area (Å²) >= 11 is 6.05. The Balaban J connectivity index is 2.50. The first-order chi connectivity index (χ1) is 6.93. The molecular weight excluding hydrogens is 215 g/mol. The van der Waals surface area contributed by atoms with Crippen molar-refractivity contribution in [1.29, 1.82) is 0 Å². The van der Waals surface area contributed by atoms with Crippen LogP contribution in [0.2, 0.25) is 5.02 Å². The smallest absolute Gasteiger partial charge is 0.123 e. The van der Waals surface area contributed by atoms with Crippen LogP contribution >= 0.6 is 11.6 Å². The number of rotatable bonds is 2. The normalized spacial score (nSPS) is 27.8. The van der Waals surface area contributed by atoms with Crippen molar-refractivity contribution < 1.29 is 9.50 Å². The molecule has 82 valence electrons. The highest BCUT2D eigenvalue weighted by Gasteiger charge is 2.62. The van der Waals surface area contributed by atoms with Crippen molar-refractivity contribution in [2.75, 3.05) is 6.61 Å². The highest BCUT2D eigenvalue weighted by atomic mass is 35.5. The van der Waals surface area contributed by atoms with Gasteiger partial charge in [0.15, 0.2) is 0 Å². The molecule has 3 heteroatoms. The van der Waals surface area contributed by atoms with Crippen LogP contribution in [0.5, 0.6) is 0 Å². The van der Waals surface area contributed by atoms with Gasteiger partial charge in [-0.3, -0.25) is 0 Å². The summed E-state index contributed by atoms with van der Waals surface area (Å²) < 4.78 is 13.2. The van der Waals surface area contributed by atoms with Gasteiger partial charge in [0.05, 0.1) is 6.61 Å². The fourth-order valence-electron chi connectivity index (χ4n) is 2.39. The summed E-state index contributed by atoms with van der Waals surface area (Å²) in [5, 5.41) is 10.0. The van der Waals surface area contributed by atoms with Gasteiger partial charge in [0, 0.05) is 10.4 Å². The largest absolute Gasteiger partial charge is 0.395 e. The molecule has 1 unspecified atom stereocenters. The third kappa shape index (κ3) is 1.47. The van der Waals surface area contributed by atoms with E-state index in [2.05, 4.69) is 13.8 Å². The highest BCUT2D eigenvalue weighted by Crippen LogP contribution is 2.65. The van der Waals surface area contributed by atoms with Crippen molar-refractivity contribution in [2.45, 2.75) is 25.7 Å². The van der Waals surface area contributed by atoms with Crippen LogP contribution in [-0.4, -0.2) is 11.7 Å². The van der Waals surface area contributed by atoms with Gasteiger partial charge in [-0.2, -0.15) is 0 Å². The van der Waals surface area contributed by atoms with Crippen LogP contribution in [0.3, 0.4) is 0 Å². The average molecular weight is 229 g/mol. The zero-order chi connectivity index (χ0) is 11.3. The lowest BCUT2D eigenvalue weighted by atomic mass is 9.88. The molecule has 1 fully saturated rings.